The molecule has 5 nitrogen and oxygen atoms in total. The highest BCUT2D eigenvalue weighted by Gasteiger charge is 2.19. The van der Waals surface area contributed by atoms with Gasteiger partial charge in [-0.3, -0.25) is 4.79 Å². The number of hydrazine groups is 1. The number of carbonyl (C=O) groups excluding carboxylic acids is 1. The first-order chi connectivity index (χ1) is 9.83. The maximum atomic E-state index is 11.1. The van der Waals surface area contributed by atoms with E-state index < -0.39 is 0 Å². The summed E-state index contributed by atoms with van der Waals surface area (Å²) in [6.07, 6.45) is 5.09. The van der Waals surface area contributed by atoms with Gasteiger partial charge in [0.05, 0.1) is 5.69 Å². The molecule has 1 aliphatic rings. The molecule has 3 N–H and O–H groups in total. The summed E-state index contributed by atoms with van der Waals surface area (Å²) < 4.78 is 0. The van der Waals surface area contributed by atoms with E-state index in [9.17, 15) is 4.79 Å². The van der Waals surface area contributed by atoms with Crippen molar-refractivity contribution in [2.24, 2.45) is 0 Å². The molecule has 0 amide bonds. The smallest absolute Gasteiger partial charge is 0.152 e. The number of hydrogen-bond acceptors (Lipinski definition) is 4. The number of nitrogens with zero attached hydrogens (tertiary/aromatic N) is 1. The monoisotopic (exact) mass is 270 g/mol. The molecule has 20 heavy (non-hydrogen) atoms. The predicted molar refractivity (Wildman–Crippen MR) is 80.6 cm³/mol. The van der Waals surface area contributed by atoms with Gasteiger partial charge < -0.3 is 15.3 Å². The van der Waals surface area contributed by atoms with Gasteiger partial charge in [-0.05, 0) is 42.7 Å². The zero-order chi connectivity index (χ0) is 13.9. The third-order valence-electron chi connectivity index (χ3n) is 3.64. The lowest BCUT2D eigenvalue weighted by molar-refractivity contribution is 0.112. The summed E-state index contributed by atoms with van der Waals surface area (Å²) in [5, 5.41) is 0. The van der Waals surface area contributed by atoms with Gasteiger partial charge in [0.25, 0.3) is 0 Å². The van der Waals surface area contributed by atoms with E-state index in [1.165, 1.54) is 5.56 Å². The van der Waals surface area contributed by atoms with Crippen LogP contribution in [0.1, 0.15) is 22.3 Å². The number of carbonyl (C=O) groups is 1. The summed E-state index contributed by atoms with van der Waals surface area (Å²) in [5.74, 6) is 1.16. The zero-order valence-electron chi connectivity index (χ0n) is 11.4. The summed E-state index contributed by atoms with van der Waals surface area (Å²) in [6, 6.07) is 7.96. The Morgan fingerprint density at radius 2 is 2.25 bits per heavy atom. The van der Waals surface area contributed by atoms with Gasteiger partial charge in [0.1, 0.15) is 5.82 Å². The fourth-order valence-corrected chi connectivity index (χ4v) is 2.70. The van der Waals surface area contributed by atoms with E-state index in [-0.39, 0.29) is 0 Å². The molecule has 0 aliphatic carbocycles. The number of aldehydes is 1. The molecule has 0 radical (unpaired) electrons. The Morgan fingerprint density at radius 3 is 3.05 bits per heavy atom. The van der Waals surface area contributed by atoms with Crippen molar-refractivity contribution >= 4 is 23.5 Å². The second-order valence-electron chi connectivity index (χ2n) is 4.87. The number of benzene rings is 1. The molecule has 2 aromatic rings. The number of rotatable bonds is 4. The van der Waals surface area contributed by atoms with Crippen LogP contribution in [0.4, 0.5) is 17.2 Å². The average molecular weight is 270 g/mol. The molecule has 3 rings (SSSR count). The molecule has 1 aromatic heterocycles. The van der Waals surface area contributed by atoms with Crippen molar-refractivity contribution in [1.82, 2.24) is 10.4 Å². The van der Waals surface area contributed by atoms with E-state index in [4.69, 9.17) is 0 Å². The van der Waals surface area contributed by atoms with Crippen molar-refractivity contribution < 1.29 is 4.79 Å². The van der Waals surface area contributed by atoms with Crippen molar-refractivity contribution in [2.75, 3.05) is 23.9 Å². The topological polar surface area (TPSA) is 60.2 Å². The Bertz CT molecular complexity index is 620. The van der Waals surface area contributed by atoms with Gasteiger partial charge in [0.2, 0.25) is 0 Å². The van der Waals surface area contributed by atoms with Crippen LogP contribution in [0.25, 0.3) is 0 Å². The first kappa shape index (κ1) is 12.7. The molecule has 0 fully saturated rings. The number of aromatic amines is 1. The van der Waals surface area contributed by atoms with Crippen molar-refractivity contribution in [2.45, 2.75) is 12.8 Å². The highest BCUT2D eigenvalue weighted by Crippen LogP contribution is 2.33. The molecule has 104 valence electrons. The molecule has 0 unspecified atom stereocenters. The number of aromatic nitrogens is 1. The van der Waals surface area contributed by atoms with Gasteiger partial charge in [0.15, 0.2) is 6.29 Å². The first-order valence-corrected chi connectivity index (χ1v) is 6.79. The van der Waals surface area contributed by atoms with E-state index >= 15 is 0 Å². The van der Waals surface area contributed by atoms with E-state index in [0.29, 0.717) is 5.56 Å². The molecule has 0 saturated carbocycles. The Kier molecular flexibility index (Phi) is 3.43. The highest BCUT2D eigenvalue weighted by molar-refractivity contribution is 5.86. The lowest BCUT2D eigenvalue weighted by Gasteiger charge is -2.29. The first-order valence-electron chi connectivity index (χ1n) is 6.79. The SMILES string of the molecule is CNNc1cc(N2CCCc3cc[nH]c32)ccc1C=O. The maximum Gasteiger partial charge on any atom is 0.152 e. The highest BCUT2D eigenvalue weighted by atomic mass is 16.1. The third kappa shape index (κ3) is 2.16. The van der Waals surface area contributed by atoms with Crippen LogP contribution < -0.4 is 15.8 Å². The van der Waals surface area contributed by atoms with E-state index in [1.54, 1.807) is 7.05 Å². The number of nitrogens with one attached hydrogen (secondary N) is 3. The van der Waals surface area contributed by atoms with Crippen LogP contribution in [0.5, 0.6) is 0 Å². The van der Waals surface area contributed by atoms with Gasteiger partial charge in [0, 0.05) is 31.0 Å². The Balaban J connectivity index is 1.99. The summed E-state index contributed by atoms with van der Waals surface area (Å²) in [4.78, 5) is 16.6. The largest absolute Gasteiger partial charge is 0.348 e. The summed E-state index contributed by atoms with van der Waals surface area (Å²) in [6.45, 7) is 0.979. The molecule has 0 atom stereocenters. The Labute approximate surface area is 118 Å². The van der Waals surface area contributed by atoms with Gasteiger partial charge >= 0.3 is 0 Å². The van der Waals surface area contributed by atoms with Gasteiger partial charge in [-0.25, -0.2) is 5.43 Å². The fourth-order valence-electron chi connectivity index (χ4n) is 2.70. The molecule has 0 spiro atoms. The number of hydrogen-bond donors (Lipinski definition) is 3. The fraction of sp³-hybridized carbons (Fsp3) is 0.267. The minimum atomic E-state index is 0.645. The molecular weight excluding hydrogens is 252 g/mol. The van der Waals surface area contributed by atoms with Gasteiger partial charge in [-0.15, -0.1) is 0 Å². The average Bonchev–Trinajstić information content (AvgIpc) is 2.96. The standard InChI is InChI=1S/C15H18N4O/c1-16-18-14-9-13(5-4-12(14)10-20)19-8-2-3-11-6-7-17-15(11)19/h4-7,9-10,16-18H,2-3,8H2,1H3. The Morgan fingerprint density at radius 1 is 1.35 bits per heavy atom. The van der Waals surface area contributed by atoms with E-state index in [0.717, 1.165) is 42.9 Å². The molecular formula is C15H18N4O. The quantitative estimate of drug-likeness (QED) is 0.590. The number of aryl methyl sites for hydroxylation is 1. The van der Waals surface area contributed by atoms with Crippen LogP contribution in [0, 0.1) is 0 Å². The van der Waals surface area contributed by atoms with Crippen LogP contribution in [-0.2, 0) is 6.42 Å². The van der Waals surface area contributed by atoms with E-state index in [1.807, 2.05) is 24.4 Å². The van der Waals surface area contributed by atoms with Gasteiger partial charge in [-0.1, -0.05) is 0 Å². The molecule has 1 aliphatic heterocycles. The molecule has 0 saturated heterocycles. The molecule has 1 aromatic carbocycles. The van der Waals surface area contributed by atoms with Crippen LogP contribution in [0.3, 0.4) is 0 Å². The van der Waals surface area contributed by atoms with Crippen molar-refractivity contribution in [3.63, 3.8) is 0 Å². The third-order valence-corrected chi connectivity index (χ3v) is 3.64. The second kappa shape index (κ2) is 5.38. The molecule has 0 bridgehead atoms. The number of H-pyrrole nitrogens is 1. The number of anilines is 3. The summed E-state index contributed by atoms with van der Waals surface area (Å²) in [7, 11) is 1.78. The van der Waals surface area contributed by atoms with Crippen molar-refractivity contribution in [1.29, 1.82) is 0 Å². The van der Waals surface area contributed by atoms with Gasteiger partial charge in [-0.2, -0.15) is 0 Å². The lowest BCUT2D eigenvalue weighted by atomic mass is 10.1. The zero-order valence-corrected chi connectivity index (χ0v) is 11.4. The number of fused-ring (bicyclic) bond motifs is 1. The summed E-state index contributed by atoms with van der Waals surface area (Å²) in [5.41, 5.74) is 9.74. The van der Waals surface area contributed by atoms with Crippen molar-refractivity contribution in [3.05, 3.63) is 41.6 Å². The lowest BCUT2D eigenvalue weighted by Crippen LogP contribution is -2.25. The predicted octanol–water partition coefficient (Wildman–Crippen LogP) is 2.46. The minimum absolute atomic E-state index is 0.645. The van der Waals surface area contributed by atoms with Crippen LogP contribution >= 0.6 is 0 Å². The summed E-state index contributed by atoms with van der Waals surface area (Å²) >= 11 is 0. The molecule has 5 heteroatoms. The van der Waals surface area contributed by atoms with Crippen LogP contribution in [-0.4, -0.2) is 24.9 Å². The Hall–Kier alpha value is -2.27. The minimum Gasteiger partial charge on any atom is -0.348 e. The normalized spacial score (nSPS) is 13.9. The van der Waals surface area contributed by atoms with Crippen LogP contribution in [0.2, 0.25) is 0 Å². The van der Waals surface area contributed by atoms with E-state index in [2.05, 4.69) is 26.8 Å². The maximum absolute atomic E-state index is 11.1. The van der Waals surface area contributed by atoms with Crippen LogP contribution in [0.15, 0.2) is 30.5 Å². The van der Waals surface area contributed by atoms with Crippen molar-refractivity contribution in [3.8, 4) is 0 Å². The second-order valence-corrected chi connectivity index (χ2v) is 4.87. The molecule has 2 heterocycles.